The quantitative estimate of drug-likeness (QED) is 0.727. The van der Waals surface area contributed by atoms with Crippen molar-refractivity contribution in [1.29, 1.82) is 0 Å². The molecule has 3 fully saturated rings. The second-order valence-electron chi connectivity index (χ2n) is 7.92. The lowest BCUT2D eigenvalue weighted by Crippen LogP contribution is -2.54. The number of hydrogen-bond acceptors (Lipinski definition) is 5. The Morgan fingerprint density at radius 2 is 1.68 bits per heavy atom. The smallest absolute Gasteiger partial charge is 0.304 e. The van der Waals surface area contributed by atoms with Crippen molar-refractivity contribution in [3.05, 3.63) is 34.9 Å². The maximum atomic E-state index is 12.8. The summed E-state index contributed by atoms with van der Waals surface area (Å²) in [5.74, 6) is -0.492. The van der Waals surface area contributed by atoms with Gasteiger partial charge >= 0.3 is 5.91 Å². The highest BCUT2D eigenvalue weighted by atomic mass is 16.2. The molecular weight excluding hydrogens is 356 g/mol. The van der Waals surface area contributed by atoms with E-state index in [-0.39, 0.29) is 17.6 Å². The third-order valence-electron chi connectivity index (χ3n) is 6.18. The summed E-state index contributed by atoms with van der Waals surface area (Å²) in [6.45, 7) is 8.23. The van der Waals surface area contributed by atoms with Gasteiger partial charge in [0.05, 0.1) is 0 Å². The summed E-state index contributed by atoms with van der Waals surface area (Å²) in [5, 5.41) is 3.62. The Morgan fingerprint density at radius 1 is 0.964 bits per heavy atom. The molecule has 0 aromatic heterocycles. The minimum absolute atomic E-state index is 0.152. The van der Waals surface area contributed by atoms with Crippen molar-refractivity contribution in [2.24, 2.45) is 0 Å². The molecule has 7 nitrogen and oxygen atoms in total. The average Bonchev–Trinajstić information content (AvgIpc) is 3.35. The summed E-state index contributed by atoms with van der Waals surface area (Å²) >= 11 is 0. The van der Waals surface area contributed by atoms with Gasteiger partial charge < -0.3 is 4.90 Å². The van der Waals surface area contributed by atoms with E-state index in [0.29, 0.717) is 13.0 Å². The number of piperazine rings is 1. The van der Waals surface area contributed by atoms with Gasteiger partial charge in [-0.05, 0) is 37.0 Å². The fraction of sp³-hybridized carbons (Fsp3) is 0.571. The van der Waals surface area contributed by atoms with Crippen LogP contribution in [0.1, 0.15) is 40.7 Å². The van der Waals surface area contributed by atoms with Gasteiger partial charge in [-0.25, -0.2) is 5.01 Å². The highest BCUT2D eigenvalue weighted by molar-refractivity contribution is 6.37. The molecule has 150 valence electrons. The maximum Gasteiger partial charge on any atom is 0.304 e. The number of rotatable bonds is 4. The molecular formula is C21H28N4O3. The van der Waals surface area contributed by atoms with Gasteiger partial charge in [-0.3, -0.25) is 24.3 Å². The molecule has 3 heterocycles. The fourth-order valence-corrected chi connectivity index (χ4v) is 4.38. The number of ketones is 1. The van der Waals surface area contributed by atoms with Crippen LogP contribution in [0, 0.1) is 6.92 Å². The number of likely N-dealkylation sites (tertiary alicyclic amines) is 1. The van der Waals surface area contributed by atoms with E-state index >= 15 is 0 Å². The van der Waals surface area contributed by atoms with Crippen molar-refractivity contribution in [3.63, 3.8) is 0 Å². The Hall–Kier alpha value is -2.25. The SMILES string of the molecule is Cc1c(CN2CCN(N3CCC(=O)C3=O)CC2)cccc1C(=O)N1CCCC1. The lowest BCUT2D eigenvalue weighted by molar-refractivity contribution is -0.152. The zero-order chi connectivity index (χ0) is 19.7. The Kier molecular flexibility index (Phi) is 5.46. The van der Waals surface area contributed by atoms with Gasteiger partial charge in [0.25, 0.3) is 5.91 Å². The van der Waals surface area contributed by atoms with Gasteiger partial charge in [-0.1, -0.05) is 12.1 Å². The summed E-state index contributed by atoms with van der Waals surface area (Å²) in [7, 11) is 0. The molecule has 0 radical (unpaired) electrons. The van der Waals surface area contributed by atoms with Crippen LogP contribution in [0.3, 0.4) is 0 Å². The zero-order valence-corrected chi connectivity index (χ0v) is 16.5. The van der Waals surface area contributed by atoms with Crippen molar-refractivity contribution < 1.29 is 14.4 Å². The zero-order valence-electron chi connectivity index (χ0n) is 16.5. The second kappa shape index (κ2) is 8.01. The van der Waals surface area contributed by atoms with E-state index in [1.165, 1.54) is 5.56 Å². The first-order valence-corrected chi connectivity index (χ1v) is 10.2. The molecule has 2 amide bonds. The van der Waals surface area contributed by atoms with Gasteiger partial charge in [-0.15, -0.1) is 0 Å². The van der Waals surface area contributed by atoms with Gasteiger partial charge in [0.2, 0.25) is 5.78 Å². The Balaban J connectivity index is 1.37. The van der Waals surface area contributed by atoms with Crippen LogP contribution in [-0.4, -0.2) is 83.2 Å². The van der Waals surface area contributed by atoms with Crippen molar-refractivity contribution >= 4 is 17.6 Å². The molecule has 1 aromatic carbocycles. The second-order valence-corrected chi connectivity index (χ2v) is 7.92. The van der Waals surface area contributed by atoms with E-state index < -0.39 is 0 Å². The molecule has 1 aromatic rings. The molecule has 0 unspecified atom stereocenters. The average molecular weight is 384 g/mol. The van der Waals surface area contributed by atoms with Crippen LogP contribution in [0.5, 0.6) is 0 Å². The molecule has 3 aliphatic heterocycles. The third-order valence-corrected chi connectivity index (χ3v) is 6.18. The maximum absolute atomic E-state index is 12.8. The highest BCUT2D eigenvalue weighted by Crippen LogP contribution is 2.21. The first kappa shape index (κ1) is 19.1. The number of Topliss-reactive ketones (excluding diaryl/α,β-unsaturated/α-hetero) is 1. The van der Waals surface area contributed by atoms with Crippen molar-refractivity contribution in [2.75, 3.05) is 45.8 Å². The lowest BCUT2D eigenvalue weighted by atomic mass is 10.0. The van der Waals surface area contributed by atoms with Crippen LogP contribution < -0.4 is 0 Å². The Labute approximate surface area is 165 Å². The minimum Gasteiger partial charge on any atom is -0.339 e. The summed E-state index contributed by atoms with van der Waals surface area (Å²) in [4.78, 5) is 40.5. The van der Waals surface area contributed by atoms with E-state index in [4.69, 9.17) is 0 Å². The number of carbonyl (C=O) groups is 3. The first-order valence-electron chi connectivity index (χ1n) is 10.2. The molecule has 28 heavy (non-hydrogen) atoms. The van der Waals surface area contributed by atoms with Gasteiger partial charge in [-0.2, -0.15) is 0 Å². The van der Waals surface area contributed by atoms with Crippen LogP contribution >= 0.6 is 0 Å². The predicted molar refractivity (Wildman–Crippen MR) is 105 cm³/mol. The Bertz CT molecular complexity index is 780. The number of amides is 2. The number of benzene rings is 1. The number of nitrogens with zero attached hydrogens (tertiary/aromatic N) is 4. The van der Waals surface area contributed by atoms with Gasteiger partial charge in [0, 0.05) is 64.3 Å². The molecule has 0 atom stereocenters. The van der Waals surface area contributed by atoms with Crippen molar-refractivity contribution in [1.82, 2.24) is 19.8 Å². The molecule has 7 heteroatoms. The monoisotopic (exact) mass is 384 g/mol. The van der Waals surface area contributed by atoms with E-state index in [1.807, 2.05) is 29.0 Å². The predicted octanol–water partition coefficient (Wildman–Crippen LogP) is 1.07. The van der Waals surface area contributed by atoms with Crippen LogP contribution in [0.25, 0.3) is 0 Å². The summed E-state index contributed by atoms with van der Waals surface area (Å²) in [6.07, 6.45) is 2.52. The molecule has 3 saturated heterocycles. The normalized spacial score (nSPS) is 21.8. The van der Waals surface area contributed by atoms with E-state index in [9.17, 15) is 14.4 Å². The van der Waals surface area contributed by atoms with Crippen molar-refractivity contribution in [3.8, 4) is 0 Å². The lowest BCUT2D eigenvalue weighted by Gasteiger charge is -2.39. The van der Waals surface area contributed by atoms with Crippen LogP contribution in [0.4, 0.5) is 0 Å². The molecule has 0 N–H and O–H groups in total. The number of hydrogen-bond donors (Lipinski definition) is 0. The third kappa shape index (κ3) is 3.69. The molecule has 3 aliphatic rings. The fourth-order valence-electron chi connectivity index (χ4n) is 4.38. The van der Waals surface area contributed by atoms with Crippen LogP contribution in [-0.2, 0) is 16.1 Å². The summed E-state index contributed by atoms with van der Waals surface area (Å²) in [5.41, 5.74) is 3.08. The van der Waals surface area contributed by atoms with Crippen molar-refractivity contribution in [2.45, 2.75) is 32.7 Å². The topological polar surface area (TPSA) is 64.2 Å². The van der Waals surface area contributed by atoms with E-state index in [0.717, 1.165) is 69.8 Å². The molecule has 0 bridgehead atoms. The summed E-state index contributed by atoms with van der Waals surface area (Å²) < 4.78 is 0. The molecule has 4 rings (SSSR count). The molecule has 0 spiro atoms. The molecule has 0 saturated carbocycles. The Morgan fingerprint density at radius 3 is 2.32 bits per heavy atom. The van der Waals surface area contributed by atoms with Crippen LogP contribution in [0.2, 0.25) is 0 Å². The first-order chi connectivity index (χ1) is 13.5. The summed E-state index contributed by atoms with van der Waals surface area (Å²) in [6, 6.07) is 6.02. The number of carbonyl (C=O) groups excluding carboxylic acids is 3. The molecule has 0 aliphatic carbocycles. The largest absolute Gasteiger partial charge is 0.339 e. The van der Waals surface area contributed by atoms with Gasteiger partial charge in [0.15, 0.2) is 0 Å². The van der Waals surface area contributed by atoms with Gasteiger partial charge in [0.1, 0.15) is 0 Å². The van der Waals surface area contributed by atoms with E-state index in [2.05, 4.69) is 11.0 Å². The van der Waals surface area contributed by atoms with Crippen LogP contribution in [0.15, 0.2) is 18.2 Å². The standard InChI is InChI=1S/C21H28N4O3/c1-16-17(5-4-6-18(16)20(27)23-8-2-3-9-23)15-22-11-13-24(14-12-22)25-10-7-19(26)21(25)28/h4-6H,2-3,7-15H2,1H3. The minimum atomic E-state index is -0.363. The highest BCUT2D eigenvalue weighted by Gasteiger charge is 2.34. The van der Waals surface area contributed by atoms with E-state index in [1.54, 1.807) is 5.01 Å². The number of hydrazine groups is 1.